The van der Waals surface area contributed by atoms with E-state index in [9.17, 15) is 0 Å². The Hall–Kier alpha value is -1.02. The van der Waals surface area contributed by atoms with Crippen molar-refractivity contribution in [2.75, 3.05) is 0 Å². The van der Waals surface area contributed by atoms with Crippen LogP contribution < -0.4 is 10.5 Å². The second-order valence-electron chi connectivity index (χ2n) is 8.21. The molecule has 2 N–H and O–H groups in total. The number of nitrogens with two attached hydrogens (primary N) is 1. The molecule has 2 heteroatoms. The summed E-state index contributed by atoms with van der Waals surface area (Å²) in [5, 5.41) is 0. The zero-order valence-electron chi connectivity index (χ0n) is 14.0. The van der Waals surface area contributed by atoms with Gasteiger partial charge in [-0.3, -0.25) is 0 Å². The number of fused-ring (bicyclic) bond motifs is 1. The van der Waals surface area contributed by atoms with Crippen molar-refractivity contribution in [3.8, 4) is 5.75 Å². The molecular formula is C18H29NO. The van der Waals surface area contributed by atoms with E-state index in [-0.39, 0.29) is 23.0 Å². The number of ether oxygens (including phenoxy) is 1. The van der Waals surface area contributed by atoms with Crippen LogP contribution in [0.5, 0.6) is 5.75 Å². The van der Waals surface area contributed by atoms with Crippen LogP contribution in [0.2, 0.25) is 0 Å². The highest BCUT2D eigenvalue weighted by Gasteiger charge is 2.31. The van der Waals surface area contributed by atoms with Gasteiger partial charge in [0.1, 0.15) is 5.75 Å². The minimum Gasteiger partial charge on any atom is -0.490 e. The zero-order valence-corrected chi connectivity index (χ0v) is 14.0. The van der Waals surface area contributed by atoms with Crippen molar-refractivity contribution in [2.24, 2.45) is 5.73 Å². The molecule has 1 aliphatic heterocycles. The van der Waals surface area contributed by atoms with Gasteiger partial charge in [-0.25, -0.2) is 0 Å². The lowest BCUT2D eigenvalue weighted by Crippen LogP contribution is -2.30. The van der Waals surface area contributed by atoms with E-state index in [2.05, 4.69) is 60.6 Å². The van der Waals surface area contributed by atoms with E-state index in [1.807, 2.05) is 0 Å². The zero-order chi connectivity index (χ0) is 15.3. The normalized spacial score (nSPS) is 23.2. The maximum atomic E-state index is 6.38. The van der Waals surface area contributed by atoms with Crippen molar-refractivity contribution in [2.45, 2.75) is 77.9 Å². The van der Waals surface area contributed by atoms with Gasteiger partial charge in [0.15, 0.2) is 0 Å². The minimum atomic E-state index is 0.0577. The van der Waals surface area contributed by atoms with E-state index in [1.54, 1.807) is 0 Å². The molecule has 0 saturated carbocycles. The standard InChI is InChI=1S/C18H29NO/c1-11-8-15(19)13-9-12(17(2,3)4)10-14(16(13)20-11)18(5,6)7/h9-11,15H,8,19H2,1-7H3. The molecule has 0 radical (unpaired) electrons. The first-order valence-electron chi connectivity index (χ1n) is 7.61. The third-order valence-electron chi connectivity index (χ3n) is 4.10. The van der Waals surface area contributed by atoms with E-state index in [0.717, 1.165) is 12.2 Å². The molecule has 0 saturated heterocycles. The third kappa shape index (κ3) is 2.85. The lowest BCUT2D eigenvalue weighted by molar-refractivity contribution is 0.172. The molecule has 0 spiro atoms. The third-order valence-corrected chi connectivity index (χ3v) is 4.10. The second kappa shape index (κ2) is 4.77. The van der Waals surface area contributed by atoms with E-state index >= 15 is 0 Å². The van der Waals surface area contributed by atoms with Crippen LogP contribution in [0.4, 0.5) is 0 Å². The lowest BCUT2D eigenvalue weighted by Gasteiger charge is -2.35. The van der Waals surface area contributed by atoms with Crippen LogP contribution in [0, 0.1) is 0 Å². The maximum absolute atomic E-state index is 6.38. The number of hydrogen-bond donors (Lipinski definition) is 1. The van der Waals surface area contributed by atoms with Gasteiger partial charge < -0.3 is 10.5 Å². The predicted octanol–water partition coefficient (Wildman–Crippen LogP) is 4.45. The summed E-state index contributed by atoms with van der Waals surface area (Å²) in [6.45, 7) is 15.6. The molecule has 0 fully saturated rings. The topological polar surface area (TPSA) is 35.2 Å². The van der Waals surface area contributed by atoms with Crippen LogP contribution in [0.1, 0.15) is 77.6 Å². The molecule has 2 unspecified atom stereocenters. The summed E-state index contributed by atoms with van der Waals surface area (Å²) in [7, 11) is 0. The van der Waals surface area contributed by atoms with Crippen LogP contribution in [0.25, 0.3) is 0 Å². The van der Waals surface area contributed by atoms with Gasteiger partial charge in [-0.2, -0.15) is 0 Å². The second-order valence-corrected chi connectivity index (χ2v) is 8.21. The van der Waals surface area contributed by atoms with Crippen molar-refractivity contribution in [1.29, 1.82) is 0 Å². The van der Waals surface area contributed by atoms with Crippen LogP contribution in [-0.4, -0.2) is 6.10 Å². The molecule has 1 aliphatic rings. The fraction of sp³-hybridized carbons (Fsp3) is 0.667. The van der Waals surface area contributed by atoms with Crippen LogP contribution in [0.3, 0.4) is 0 Å². The Balaban J connectivity index is 2.69. The van der Waals surface area contributed by atoms with Crippen molar-refractivity contribution in [3.05, 3.63) is 28.8 Å². The summed E-state index contributed by atoms with van der Waals surface area (Å²) in [5.41, 5.74) is 10.4. The Morgan fingerprint density at radius 1 is 1.05 bits per heavy atom. The Bertz CT molecular complexity index is 505. The van der Waals surface area contributed by atoms with E-state index < -0.39 is 0 Å². The molecular weight excluding hydrogens is 246 g/mol. The van der Waals surface area contributed by atoms with Gasteiger partial charge >= 0.3 is 0 Å². The molecule has 0 bridgehead atoms. The lowest BCUT2D eigenvalue weighted by atomic mass is 9.77. The fourth-order valence-corrected chi connectivity index (χ4v) is 2.78. The van der Waals surface area contributed by atoms with Gasteiger partial charge in [0.05, 0.1) is 6.10 Å². The molecule has 112 valence electrons. The molecule has 2 atom stereocenters. The van der Waals surface area contributed by atoms with Gasteiger partial charge in [0.2, 0.25) is 0 Å². The summed E-state index contributed by atoms with van der Waals surface area (Å²) >= 11 is 0. The first-order valence-corrected chi connectivity index (χ1v) is 7.61. The SMILES string of the molecule is CC1CC(N)c2cc(C(C)(C)C)cc(C(C)(C)C)c2O1. The summed E-state index contributed by atoms with van der Waals surface area (Å²) in [5.74, 6) is 1.02. The Morgan fingerprint density at radius 3 is 2.15 bits per heavy atom. The Labute approximate surface area is 123 Å². The quantitative estimate of drug-likeness (QED) is 0.759. The van der Waals surface area contributed by atoms with Crippen molar-refractivity contribution >= 4 is 0 Å². The van der Waals surface area contributed by atoms with E-state index in [0.29, 0.717) is 0 Å². The molecule has 20 heavy (non-hydrogen) atoms. The fourth-order valence-electron chi connectivity index (χ4n) is 2.78. The Kier molecular flexibility index (Phi) is 3.66. The molecule has 1 heterocycles. The first kappa shape index (κ1) is 15.4. The van der Waals surface area contributed by atoms with Gasteiger partial charge in [-0.15, -0.1) is 0 Å². The summed E-state index contributed by atoms with van der Waals surface area (Å²) in [6.07, 6.45) is 1.09. The van der Waals surface area contributed by atoms with Crippen molar-refractivity contribution in [1.82, 2.24) is 0 Å². The summed E-state index contributed by atoms with van der Waals surface area (Å²) < 4.78 is 6.15. The van der Waals surface area contributed by atoms with Gasteiger partial charge in [-0.05, 0) is 29.4 Å². The number of benzene rings is 1. The largest absolute Gasteiger partial charge is 0.490 e. The average molecular weight is 275 g/mol. The minimum absolute atomic E-state index is 0.0577. The summed E-state index contributed by atoms with van der Waals surface area (Å²) in [6, 6.07) is 4.64. The molecule has 1 aromatic rings. The highest BCUT2D eigenvalue weighted by molar-refractivity contribution is 5.51. The molecule has 0 amide bonds. The molecule has 2 nitrogen and oxygen atoms in total. The van der Waals surface area contributed by atoms with Crippen LogP contribution in [0.15, 0.2) is 12.1 Å². The molecule has 1 aromatic carbocycles. The molecule has 0 aromatic heterocycles. The van der Waals surface area contributed by atoms with Gasteiger partial charge in [-0.1, -0.05) is 47.6 Å². The van der Waals surface area contributed by atoms with Gasteiger partial charge in [0.25, 0.3) is 0 Å². The smallest absolute Gasteiger partial charge is 0.128 e. The highest BCUT2D eigenvalue weighted by atomic mass is 16.5. The summed E-state index contributed by atoms with van der Waals surface area (Å²) in [4.78, 5) is 0. The highest BCUT2D eigenvalue weighted by Crippen LogP contribution is 2.43. The number of hydrogen-bond acceptors (Lipinski definition) is 2. The van der Waals surface area contributed by atoms with Crippen LogP contribution in [-0.2, 0) is 10.8 Å². The molecule has 2 rings (SSSR count). The maximum Gasteiger partial charge on any atom is 0.128 e. The van der Waals surface area contributed by atoms with E-state index in [4.69, 9.17) is 10.5 Å². The average Bonchev–Trinajstić information content (AvgIpc) is 2.24. The monoisotopic (exact) mass is 275 g/mol. The van der Waals surface area contributed by atoms with Crippen molar-refractivity contribution < 1.29 is 4.74 Å². The first-order chi connectivity index (χ1) is 9.00. The van der Waals surface area contributed by atoms with Crippen LogP contribution >= 0.6 is 0 Å². The molecule has 0 aliphatic carbocycles. The van der Waals surface area contributed by atoms with Crippen molar-refractivity contribution in [3.63, 3.8) is 0 Å². The number of rotatable bonds is 0. The van der Waals surface area contributed by atoms with E-state index in [1.165, 1.54) is 16.7 Å². The Morgan fingerprint density at radius 2 is 1.65 bits per heavy atom. The predicted molar refractivity (Wildman–Crippen MR) is 85.5 cm³/mol. The van der Waals surface area contributed by atoms with Gasteiger partial charge in [0, 0.05) is 23.6 Å².